The zero-order valence-corrected chi connectivity index (χ0v) is 11.1. The minimum atomic E-state index is -2.40. The number of nitrogens with two attached hydrogens (primary N) is 1. The number of ether oxygens (including phenoxy) is 1. The smallest absolute Gasteiger partial charge is 0.261 e. The van der Waals surface area contributed by atoms with Crippen molar-refractivity contribution >= 4 is 27.3 Å². The highest BCUT2D eigenvalue weighted by molar-refractivity contribution is 9.10. The van der Waals surface area contributed by atoms with E-state index < -0.39 is 13.0 Å². The zero-order chi connectivity index (χ0) is 12.0. The molecule has 0 radical (unpaired) electrons. The molecule has 92 valence electrons. The summed E-state index contributed by atoms with van der Waals surface area (Å²) in [6, 6.07) is 1.98. The SMILES string of the molecule is NC(CCOCC(F)F)Cc1cc(Br)cs1. The van der Waals surface area contributed by atoms with Gasteiger partial charge in [0.05, 0.1) is 0 Å². The molecule has 0 bridgehead atoms. The fourth-order valence-corrected chi connectivity index (χ4v) is 2.77. The summed E-state index contributed by atoms with van der Waals surface area (Å²) < 4.78 is 29.3. The summed E-state index contributed by atoms with van der Waals surface area (Å²) in [5.74, 6) is 0. The molecule has 1 rings (SSSR count). The van der Waals surface area contributed by atoms with Gasteiger partial charge in [0, 0.05) is 27.4 Å². The van der Waals surface area contributed by atoms with E-state index in [1.54, 1.807) is 11.3 Å². The van der Waals surface area contributed by atoms with Gasteiger partial charge in [-0.15, -0.1) is 11.3 Å². The Balaban J connectivity index is 2.13. The van der Waals surface area contributed by atoms with Crippen LogP contribution in [0.25, 0.3) is 0 Å². The zero-order valence-electron chi connectivity index (χ0n) is 8.67. The average Bonchev–Trinajstić information content (AvgIpc) is 2.58. The summed E-state index contributed by atoms with van der Waals surface area (Å²) >= 11 is 5.00. The lowest BCUT2D eigenvalue weighted by Crippen LogP contribution is -2.24. The molecule has 1 heterocycles. The molecule has 16 heavy (non-hydrogen) atoms. The lowest BCUT2D eigenvalue weighted by Gasteiger charge is -2.10. The number of halogens is 3. The van der Waals surface area contributed by atoms with Crippen molar-refractivity contribution in [3.8, 4) is 0 Å². The molecule has 1 atom stereocenters. The van der Waals surface area contributed by atoms with Crippen molar-refractivity contribution in [2.75, 3.05) is 13.2 Å². The molecule has 0 saturated heterocycles. The number of thiophene rings is 1. The molecule has 2 nitrogen and oxygen atoms in total. The van der Waals surface area contributed by atoms with Crippen LogP contribution >= 0.6 is 27.3 Å². The highest BCUT2D eigenvalue weighted by Gasteiger charge is 2.07. The van der Waals surface area contributed by atoms with E-state index in [0.717, 1.165) is 10.9 Å². The largest absolute Gasteiger partial charge is 0.375 e. The molecule has 0 saturated carbocycles. The number of hydrogen-bond donors (Lipinski definition) is 1. The van der Waals surface area contributed by atoms with Crippen LogP contribution < -0.4 is 5.73 Å². The Morgan fingerprint density at radius 3 is 2.81 bits per heavy atom. The summed E-state index contributed by atoms with van der Waals surface area (Å²) in [6.45, 7) is -0.213. The third-order valence-electron chi connectivity index (χ3n) is 1.96. The van der Waals surface area contributed by atoms with Gasteiger partial charge in [-0.05, 0) is 34.8 Å². The van der Waals surface area contributed by atoms with Crippen molar-refractivity contribution in [2.45, 2.75) is 25.3 Å². The van der Waals surface area contributed by atoms with E-state index in [2.05, 4.69) is 15.9 Å². The second-order valence-electron chi connectivity index (χ2n) is 3.45. The lowest BCUT2D eigenvalue weighted by atomic mass is 10.1. The molecule has 1 aromatic heterocycles. The van der Waals surface area contributed by atoms with Crippen LogP contribution in [0.4, 0.5) is 8.78 Å². The first-order valence-corrected chi connectivity index (χ1v) is 6.59. The molecule has 0 fully saturated rings. The van der Waals surface area contributed by atoms with Gasteiger partial charge in [-0.3, -0.25) is 0 Å². The molecule has 1 unspecified atom stereocenters. The summed E-state index contributed by atoms with van der Waals surface area (Å²) in [6.07, 6.45) is -1.04. The summed E-state index contributed by atoms with van der Waals surface area (Å²) in [5.41, 5.74) is 5.86. The fraction of sp³-hybridized carbons (Fsp3) is 0.600. The molecule has 6 heteroatoms. The Kier molecular flexibility index (Phi) is 6.41. The first-order chi connectivity index (χ1) is 7.58. The third kappa shape index (κ3) is 5.89. The van der Waals surface area contributed by atoms with Gasteiger partial charge in [-0.1, -0.05) is 0 Å². The van der Waals surface area contributed by atoms with E-state index in [-0.39, 0.29) is 12.6 Å². The van der Waals surface area contributed by atoms with E-state index in [9.17, 15) is 8.78 Å². The van der Waals surface area contributed by atoms with Crippen molar-refractivity contribution in [2.24, 2.45) is 5.73 Å². The maximum atomic E-state index is 11.7. The molecule has 0 aliphatic heterocycles. The van der Waals surface area contributed by atoms with Gasteiger partial charge in [0.15, 0.2) is 0 Å². The predicted octanol–water partition coefficient (Wildman–Crippen LogP) is 3.05. The van der Waals surface area contributed by atoms with Crippen LogP contribution in [0.15, 0.2) is 15.9 Å². The lowest BCUT2D eigenvalue weighted by molar-refractivity contribution is 0.0153. The number of rotatable bonds is 7. The average molecular weight is 314 g/mol. The molecular formula is C10H14BrF2NOS. The van der Waals surface area contributed by atoms with E-state index in [1.165, 1.54) is 4.88 Å². The van der Waals surface area contributed by atoms with Crippen LogP contribution in [0.2, 0.25) is 0 Å². The van der Waals surface area contributed by atoms with Crippen LogP contribution in [0.1, 0.15) is 11.3 Å². The molecule has 2 N–H and O–H groups in total. The normalized spacial score (nSPS) is 13.3. The van der Waals surface area contributed by atoms with Crippen molar-refractivity contribution in [1.29, 1.82) is 0 Å². The molecule has 0 spiro atoms. The van der Waals surface area contributed by atoms with Crippen molar-refractivity contribution < 1.29 is 13.5 Å². The van der Waals surface area contributed by atoms with Crippen LogP contribution in [-0.4, -0.2) is 25.7 Å². The Bertz CT molecular complexity index is 309. The third-order valence-corrected chi connectivity index (χ3v) is 3.68. The number of alkyl halides is 2. The maximum Gasteiger partial charge on any atom is 0.261 e. The predicted molar refractivity (Wildman–Crippen MR) is 65.1 cm³/mol. The highest BCUT2D eigenvalue weighted by atomic mass is 79.9. The first-order valence-electron chi connectivity index (χ1n) is 4.92. The Morgan fingerprint density at radius 1 is 1.50 bits per heavy atom. The maximum absolute atomic E-state index is 11.7. The minimum absolute atomic E-state index is 0.0387. The van der Waals surface area contributed by atoms with E-state index in [4.69, 9.17) is 10.5 Å². The van der Waals surface area contributed by atoms with E-state index in [1.807, 2.05) is 11.4 Å². The van der Waals surface area contributed by atoms with Crippen LogP contribution in [-0.2, 0) is 11.2 Å². The summed E-state index contributed by atoms with van der Waals surface area (Å²) in [5, 5.41) is 2.00. The standard InChI is InChI=1S/C10H14BrF2NOS/c11-7-3-9(16-6-7)4-8(14)1-2-15-5-10(12)13/h3,6,8,10H,1-2,4-5,14H2. The first kappa shape index (κ1) is 14.0. The number of hydrogen-bond acceptors (Lipinski definition) is 3. The van der Waals surface area contributed by atoms with Crippen molar-refractivity contribution in [3.63, 3.8) is 0 Å². The molecule has 1 aromatic rings. The van der Waals surface area contributed by atoms with Crippen LogP contribution in [0, 0.1) is 0 Å². The van der Waals surface area contributed by atoms with Crippen molar-refractivity contribution in [3.05, 3.63) is 20.8 Å². The van der Waals surface area contributed by atoms with E-state index in [0.29, 0.717) is 6.42 Å². The minimum Gasteiger partial charge on any atom is -0.375 e. The van der Waals surface area contributed by atoms with Gasteiger partial charge in [-0.2, -0.15) is 0 Å². The van der Waals surface area contributed by atoms with Gasteiger partial charge < -0.3 is 10.5 Å². The second kappa shape index (κ2) is 7.32. The highest BCUT2D eigenvalue weighted by Crippen LogP contribution is 2.21. The van der Waals surface area contributed by atoms with Gasteiger partial charge in [-0.25, -0.2) is 8.78 Å². The molecule has 0 aliphatic rings. The van der Waals surface area contributed by atoms with Gasteiger partial charge in [0.25, 0.3) is 6.43 Å². The van der Waals surface area contributed by atoms with Gasteiger partial charge >= 0.3 is 0 Å². The van der Waals surface area contributed by atoms with Crippen LogP contribution in [0.3, 0.4) is 0 Å². The Hall–Kier alpha value is -0.0400. The Labute approximate surface area is 106 Å². The molecule has 0 aliphatic carbocycles. The van der Waals surface area contributed by atoms with Gasteiger partial charge in [0.2, 0.25) is 0 Å². The topological polar surface area (TPSA) is 35.2 Å². The summed E-state index contributed by atoms with van der Waals surface area (Å²) in [4.78, 5) is 1.19. The molecule has 0 aromatic carbocycles. The quantitative estimate of drug-likeness (QED) is 0.785. The van der Waals surface area contributed by atoms with Crippen molar-refractivity contribution in [1.82, 2.24) is 0 Å². The van der Waals surface area contributed by atoms with Crippen LogP contribution in [0.5, 0.6) is 0 Å². The Morgan fingerprint density at radius 2 is 2.25 bits per heavy atom. The fourth-order valence-electron chi connectivity index (χ4n) is 1.23. The second-order valence-corrected chi connectivity index (χ2v) is 5.36. The van der Waals surface area contributed by atoms with E-state index >= 15 is 0 Å². The monoisotopic (exact) mass is 313 g/mol. The van der Waals surface area contributed by atoms with Gasteiger partial charge in [0.1, 0.15) is 6.61 Å². The molecular weight excluding hydrogens is 300 g/mol. The summed E-state index contributed by atoms with van der Waals surface area (Å²) in [7, 11) is 0. The molecule has 0 amide bonds.